The normalized spacial score (nSPS) is 12.8. The Kier molecular flexibility index (Phi) is 4.21. The van der Waals surface area contributed by atoms with Crippen molar-refractivity contribution in [3.63, 3.8) is 0 Å². The lowest BCUT2D eigenvalue weighted by Crippen LogP contribution is -2.16. The summed E-state index contributed by atoms with van der Waals surface area (Å²) in [5.74, 6) is -11.7. The first-order chi connectivity index (χ1) is 8.38. The van der Waals surface area contributed by atoms with Gasteiger partial charge in [0.1, 0.15) is 0 Å². The lowest BCUT2D eigenvalue weighted by molar-refractivity contribution is 0.358. The molecule has 108 valence electrons. The summed E-state index contributed by atoms with van der Waals surface area (Å²) in [6.07, 6.45) is 0. The zero-order chi connectivity index (χ0) is 15.2. The van der Waals surface area contributed by atoms with Crippen molar-refractivity contribution in [3.8, 4) is 0 Å². The van der Waals surface area contributed by atoms with E-state index in [4.69, 9.17) is 0 Å². The number of rotatable bonds is 2. The quantitative estimate of drug-likeness (QED) is 0.361. The van der Waals surface area contributed by atoms with E-state index < -0.39 is 47.6 Å². The first-order valence-electron chi connectivity index (χ1n) is 4.85. The standard InChI is InChI=1S/C10H9F5O2S2/c1-10(2,3)18-19(16,17)9-7(14)5(12)4(11)6(13)8(9)15/h1-3H3. The molecule has 0 saturated carbocycles. The molecule has 0 aliphatic carbocycles. The van der Waals surface area contributed by atoms with Crippen molar-refractivity contribution < 1.29 is 30.4 Å². The molecule has 0 fully saturated rings. The van der Waals surface area contributed by atoms with Crippen LogP contribution in [0.4, 0.5) is 22.0 Å². The van der Waals surface area contributed by atoms with Crippen LogP contribution >= 0.6 is 10.8 Å². The highest BCUT2D eigenvalue weighted by atomic mass is 33.1. The van der Waals surface area contributed by atoms with Gasteiger partial charge in [0.25, 0.3) is 0 Å². The largest absolute Gasteiger partial charge is 0.236 e. The molecule has 0 N–H and O–H groups in total. The molecule has 9 heteroatoms. The van der Waals surface area contributed by atoms with Gasteiger partial charge in [-0.05, 0) is 31.6 Å². The maximum absolute atomic E-state index is 13.4. The predicted octanol–water partition coefficient (Wildman–Crippen LogP) is 3.60. The molecule has 1 aromatic carbocycles. The minimum atomic E-state index is -4.72. The molecule has 0 aromatic heterocycles. The minimum Gasteiger partial charge on any atom is -0.212 e. The molecule has 2 nitrogen and oxygen atoms in total. The van der Waals surface area contributed by atoms with Crippen LogP contribution in [0.25, 0.3) is 0 Å². The Morgan fingerprint density at radius 1 is 0.789 bits per heavy atom. The molecule has 0 unspecified atom stereocenters. The Balaban J connectivity index is 3.61. The summed E-state index contributed by atoms with van der Waals surface area (Å²) in [7, 11) is -4.62. The Morgan fingerprint density at radius 3 is 1.42 bits per heavy atom. The molecule has 0 aliphatic rings. The summed E-state index contributed by atoms with van der Waals surface area (Å²) in [6, 6.07) is 0. The van der Waals surface area contributed by atoms with Crippen molar-refractivity contribution in [2.75, 3.05) is 0 Å². The second-order valence-electron chi connectivity index (χ2n) is 4.55. The van der Waals surface area contributed by atoms with Gasteiger partial charge in [-0.25, -0.2) is 30.4 Å². The van der Waals surface area contributed by atoms with Crippen molar-refractivity contribution in [1.82, 2.24) is 0 Å². The van der Waals surface area contributed by atoms with E-state index >= 15 is 0 Å². The van der Waals surface area contributed by atoms with E-state index in [9.17, 15) is 30.4 Å². The topological polar surface area (TPSA) is 34.1 Å². The lowest BCUT2D eigenvalue weighted by Gasteiger charge is -2.17. The van der Waals surface area contributed by atoms with Gasteiger partial charge in [-0.2, -0.15) is 0 Å². The van der Waals surface area contributed by atoms with Gasteiger partial charge >= 0.3 is 0 Å². The third kappa shape index (κ3) is 3.19. The fraction of sp³-hybridized carbons (Fsp3) is 0.400. The van der Waals surface area contributed by atoms with Crippen LogP contribution < -0.4 is 0 Å². The Morgan fingerprint density at radius 2 is 1.11 bits per heavy atom. The lowest BCUT2D eigenvalue weighted by atomic mass is 10.3. The van der Waals surface area contributed by atoms with E-state index in [1.807, 2.05) is 0 Å². The maximum Gasteiger partial charge on any atom is 0.236 e. The van der Waals surface area contributed by atoms with Crippen LogP contribution in [0.15, 0.2) is 4.90 Å². The van der Waals surface area contributed by atoms with Gasteiger partial charge in [0.15, 0.2) is 28.2 Å². The number of hydrogen-bond acceptors (Lipinski definition) is 3. The fourth-order valence-electron chi connectivity index (χ4n) is 1.18. The van der Waals surface area contributed by atoms with Crippen LogP contribution in [0, 0.1) is 29.1 Å². The first-order valence-corrected chi connectivity index (χ1v) is 7.67. The molecule has 0 heterocycles. The van der Waals surface area contributed by atoms with Gasteiger partial charge in [0.05, 0.1) is 0 Å². The van der Waals surface area contributed by atoms with Gasteiger partial charge < -0.3 is 0 Å². The van der Waals surface area contributed by atoms with E-state index in [0.717, 1.165) is 0 Å². The van der Waals surface area contributed by atoms with E-state index in [0.29, 0.717) is 0 Å². The monoisotopic (exact) mass is 320 g/mol. The molecule has 0 bridgehead atoms. The summed E-state index contributed by atoms with van der Waals surface area (Å²) in [4.78, 5) is -1.82. The molecule has 0 saturated heterocycles. The second kappa shape index (κ2) is 4.93. The minimum absolute atomic E-state index is 0.100. The SMILES string of the molecule is CC(C)(C)SS(=O)(=O)c1c(F)c(F)c(F)c(F)c1F. The summed E-state index contributed by atoms with van der Waals surface area (Å²) in [6.45, 7) is 4.25. The Hall–Kier alpha value is -0.830. The molecule has 19 heavy (non-hydrogen) atoms. The number of benzene rings is 1. The van der Waals surface area contributed by atoms with E-state index in [-0.39, 0.29) is 10.8 Å². The molecule has 0 amide bonds. The summed E-state index contributed by atoms with van der Waals surface area (Å²) < 4.78 is 87.9. The summed E-state index contributed by atoms with van der Waals surface area (Å²) in [5.41, 5.74) is 0. The molecule has 1 aromatic rings. The molecule has 0 atom stereocenters. The van der Waals surface area contributed by atoms with Crippen molar-refractivity contribution in [2.24, 2.45) is 0 Å². The zero-order valence-electron chi connectivity index (χ0n) is 10.0. The summed E-state index contributed by atoms with van der Waals surface area (Å²) >= 11 is 0. The van der Waals surface area contributed by atoms with Crippen LogP contribution in [-0.2, 0) is 8.87 Å². The first kappa shape index (κ1) is 16.2. The average molecular weight is 320 g/mol. The van der Waals surface area contributed by atoms with Gasteiger partial charge in [-0.3, -0.25) is 0 Å². The predicted molar refractivity (Wildman–Crippen MR) is 60.8 cm³/mol. The third-order valence-electron chi connectivity index (χ3n) is 1.78. The highest BCUT2D eigenvalue weighted by Crippen LogP contribution is 2.38. The van der Waals surface area contributed by atoms with Crippen molar-refractivity contribution in [2.45, 2.75) is 30.4 Å². The van der Waals surface area contributed by atoms with Crippen molar-refractivity contribution in [3.05, 3.63) is 29.1 Å². The van der Waals surface area contributed by atoms with Crippen LogP contribution in [0.3, 0.4) is 0 Å². The molecule has 1 rings (SSSR count). The van der Waals surface area contributed by atoms with Crippen LogP contribution in [-0.4, -0.2) is 13.2 Å². The van der Waals surface area contributed by atoms with Crippen molar-refractivity contribution in [1.29, 1.82) is 0 Å². The van der Waals surface area contributed by atoms with E-state index in [1.165, 1.54) is 20.8 Å². The second-order valence-corrected chi connectivity index (χ2v) is 9.07. The zero-order valence-corrected chi connectivity index (χ0v) is 11.7. The van der Waals surface area contributed by atoms with Crippen LogP contribution in [0.5, 0.6) is 0 Å². The van der Waals surface area contributed by atoms with Gasteiger partial charge in [0.2, 0.25) is 14.7 Å². The van der Waals surface area contributed by atoms with Gasteiger partial charge in [-0.1, -0.05) is 0 Å². The Bertz CT molecular complexity index is 591. The van der Waals surface area contributed by atoms with E-state index in [2.05, 4.69) is 0 Å². The van der Waals surface area contributed by atoms with E-state index in [1.54, 1.807) is 0 Å². The molecule has 0 aliphatic heterocycles. The van der Waals surface area contributed by atoms with Crippen molar-refractivity contribution >= 4 is 19.7 Å². The smallest absolute Gasteiger partial charge is 0.212 e. The molecule has 0 radical (unpaired) electrons. The van der Waals surface area contributed by atoms with Crippen LogP contribution in [0.2, 0.25) is 0 Å². The highest BCUT2D eigenvalue weighted by Gasteiger charge is 2.36. The third-order valence-corrected chi connectivity index (χ3v) is 6.02. The average Bonchev–Trinajstić information content (AvgIpc) is 2.20. The summed E-state index contributed by atoms with van der Waals surface area (Å²) in [5, 5.41) is 0. The molecule has 0 spiro atoms. The molecular formula is C10H9F5O2S2. The van der Waals surface area contributed by atoms with Crippen LogP contribution in [0.1, 0.15) is 20.8 Å². The number of halogens is 5. The number of hydrogen-bond donors (Lipinski definition) is 0. The highest BCUT2D eigenvalue weighted by molar-refractivity contribution is 8.72. The Labute approximate surface area is 110 Å². The van der Waals surface area contributed by atoms with Gasteiger partial charge in [-0.15, -0.1) is 0 Å². The maximum atomic E-state index is 13.4. The fourth-order valence-corrected chi connectivity index (χ4v) is 5.20. The van der Waals surface area contributed by atoms with Gasteiger partial charge in [0, 0.05) is 4.75 Å². The molecular weight excluding hydrogens is 311 g/mol.